The number of halogens is 4. The zero-order chi connectivity index (χ0) is 25.5. The molecule has 2 aromatic heterocycles. The van der Waals surface area contributed by atoms with Crippen LogP contribution >= 0.6 is 47.2 Å². The van der Waals surface area contributed by atoms with Crippen LogP contribution in [-0.4, -0.2) is 26.0 Å². The second-order valence-corrected chi connectivity index (χ2v) is 14.0. The maximum Gasteiger partial charge on any atom is 0.133 e. The van der Waals surface area contributed by atoms with Gasteiger partial charge in [0.2, 0.25) is 0 Å². The van der Waals surface area contributed by atoms with E-state index in [0.29, 0.717) is 21.5 Å². The Kier molecular flexibility index (Phi) is 9.42. The van der Waals surface area contributed by atoms with Crippen molar-refractivity contribution in [2.24, 2.45) is 59.0 Å². The molecule has 2 N–H and O–H groups in total. The molecule has 9 heteroatoms. The Hall–Kier alpha value is -0.720. The van der Waals surface area contributed by atoms with Gasteiger partial charge in [-0.15, -0.1) is 12.4 Å². The van der Waals surface area contributed by atoms with Crippen LogP contribution in [0.1, 0.15) is 69.9 Å². The Morgan fingerprint density at radius 1 is 0.579 bits per heavy atom. The third-order valence-corrected chi connectivity index (χ3v) is 11.1. The molecule has 0 aromatic carbocycles. The van der Waals surface area contributed by atoms with Crippen LogP contribution in [0.15, 0.2) is 24.8 Å². The minimum absolute atomic E-state index is 0. The molecule has 8 saturated carbocycles. The predicted octanol–water partition coefficient (Wildman–Crippen LogP) is 7.72. The van der Waals surface area contributed by atoms with E-state index in [2.05, 4.69) is 19.9 Å². The lowest BCUT2D eigenvalue weighted by molar-refractivity contribution is -0.0363. The zero-order valence-corrected chi connectivity index (χ0v) is 24.9. The summed E-state index contributed by atoms with van der Waals surface area (Å²) in [6.07, 6.45) is 18.9. The summed E-state index contributed by atoms with van der Waals surface area (Å²) < 4.78 is 0. The number of rotatable bonds is 2. The van der Waals surface area contributed by atoms with Gasteiger partial charge in [0.25, 0.3) is 0 Å². The highest BCUT2D eigenvalue weighted by Gasteiger charge is 2.48. The lowest BCUT2D eigenvalue weighted by Crippen LogP contribution is -2.52. The smallest absolute Gasteiger partial charge is 0.133 e. The van der Waals surface area contributed by atoms with Crippen molar-refractivity contribution in [1.29, 1.82) is 0 Å². The first-order valence-electron chi connectivity index (χ1n) is 14.2. The fourth-order valence-corrected chi connectivity index (χ4v) is 9.89. The first kappa shape index (κ1) is 28.8. The van der Waals surface area contributed by atoms with Gasteiger partial charge in [-0.05, 0) is 130 Å². The molecule has 8 aliphatic rings. The summed E-state index contributed by atoms with van der Waals surface area (Å²) in [4.78, 5) is 15.6. The van der Waals surface area contributed by atoms with Crippen LogP contribution in [0.4, 0.5) is 0 Å². The Bertz CT molecular complexity index is 1010. The van der Waals surface area contributed by atoms with Crippen molar-refractivity contribution < 1.29 is 0 Å². The SMILES string of the molecule is Cl.Clc1cc(CC2C3CC4CC(C3)CC2C4)ncn1.Clc1cc(Cl)ncn1.NC1C2CC3CC(C2)CC1C3. The minimum Gasteiger partial charge on any atom is -0.327 e. The van der Waals surface area contributed by atoms with E-state index in [1.807, 2.05) is 6.07 Å². The molecule has 2 aromatic rings. The molecule has 0 aliphatic heterocycles. The van der Waals surface area contributed by atoms with Gasteiger partial charge in [0, 0.05) is 17.8 Å². The molecule has 8 bridgehead atoms. The Morgan fingerprint density at radius 3 is 1.37 bits per heavy atom. The molecular formula is C29H39Cl4N5. The highest BCUT2D eigenvalue weighted by atomic mass is 35.5. The molecule has 5 nitrogen and oxygen atoms in total. The van der Waals surface area contributed by atoms with E-state index in [-0.39, 0.29) is 12.4 Å². The molecule has 0 unspecified atom stereocenters. The van der Waals surface area contributed by atoms with E-state index in [9.17, 15) is 0 Å². The minimum atomic E-state index is 0. The monoisotopic (exact) mass is 597 g/mol. The molecule has 0 radical (unpaired) electrons. The largest absolute Gasteiger partial charge is 0.327 e. The van der Waals surface area contributed by atoms with Gasteiger partial charge in [0.1, 0.15) is 28.1 Å². The maximum absolute atomic E-state index is 6.17. The summed E-state index contributed by atoms with van der Waals surface area (Å²) in [5.74, 6) is 8.91. The molecule has 0 atom stereocenters. The third-order valence-electron chi connectivity index (χ3n) is 10.5. The first-order chi connectivity index (χ1) is 17.9. The van der Waals surface area contributed by atoms with Crippen LogP contribution in [0.25, 0.3) is 0 Å². The normalized spacial score (nSPS) is 38.9. The zero-order valence-electron chi connectivity index (χ0n) is 21.8. The Balaban J connectivity index is 0.000000126. The van der Waals surface area contributed by atoms with Gasteiger partial charge in [0.05, 0.1) is 0 Å². The average Bonchev–Trinajstić information content (AvgIpc) is 2.84. The summed E-state index contributed by atoms with van der Waals surface area (Å²) in [6, 6.07) is 4.01. The van der Waals surface area contributed by atoms with Crippen LogP contribution < -0.4 is 5.73 Å². The number of nitrogens with zero attached hydrogens (tertiary/aromatic N) is 4. The molecule has 2 heterocycles. The second kappa shape index (κ2) is 12.4. The standard InChI is InChI=1S/C15H19ClN2.C10H17N.C4H2Cl2N2.ClH/c16-15-7-13(17-8-18-15)6-14-11-2-9-1-10(4-11)5-12(14)3-9;11-10-8-2-6-1-7(4-8)5-9(10)3-6;5-3-1-4(6)8-2-7-3;/h7-12,14H,1-6H2;6-10H,1-5,11H2;1-2H;1H. The highest BCUT2D eigenvalue weighted by Crippen LogP contribution is 2.57. The summed E-state index contributed by atoms with van der Waals surface area (Å²) in [5.41, 5.74) is 7.31. The molecular weight excluding hydrogens is 560 g/mol. The lowest BCUT2D eigenvalue weighted by atomic mass is 9.51. The number of hydrogen-bond acceptors (Lipinski definition) is 5. The van der Waals surface area contributed by atoms with E-state index >= 15 is 0 Å². The van der Waals surface area contributed by atoms with Gasteiger partial charge in [-0.2, -0.15) is 0 Å². The lowest BCUT2D eigenvalue weighted by Gasteiger charge is -2.54. The van der Waals surface area contributed by atoms with Crippen LogP contribution in [0.3, 0.4) is 0 Å². The summed E-state index contributed by atoms with van der Waals surface area (Å²) in [6.45, 7) is 0. The topological polar surface area (TPSA) is 77.6 Å². The fourth-order valence-electron chi connectivity index (χ4n) is 9.37. The molecule has 38 heavy (non-hydrogen) atoms. The van der Waals surface area contributed by atoms with Crippen molar-refractivity contribution in [3.63, 3.8) is 0 Å². The van der Waals surface area contributed by atoms with E-state index in [1.165, 1.54) is 70.2 Å². The second-order valence-electron chi connectivity index (χ2n) is 12.8. The van der Waals surface area contributed by atoms with Crippen molar-refractivity contribution in [2.45, 2.75) is 76.7 Å². The molecule has 208 valence electrons. The maximum atomic E-state index is 6.17. The summed E-state index contributed by atoms with van der Waals surface area (Å²) in [5, 5.41) is 1.32. The van der Waals surface area contributed by atoms with E-state index < -0.39 is 0 Å². The van der Waals surface area contributed by atoms with Gasteiger partial charge in [-0.3, -0.25) is 0 Å². The average molecular weight is 599 g/mol. The van der Waals surface area contributed by atoms with Gasteiger partial charge in [-0.1, -0.05) is 34.8 Å². The van der Waals surface area contributed by atoms with Crippen molar-refractivity contribution in [1.82, 2.24) is 19.9 Å². The Morgan fingerprint density at radius 2 is 0.974 bits per heavy atom. The van der Waals surface area contributed by atoms with Crippen molar-refractivity contribution in [3.05, 3.63) is 45.9 Å². The van der Waals surface area contributed by atoms with E-state index in [1.54, 1.807) is 12.7 Å². The van der Waals surface area contributed by atoms with Crippen molar-refractivity contribution in [3.8, 4) is 0 Å². The van der Waals surface area contributed by atoms with Crippen LogP contribution in [0.2, 0.25) is 15.5 Å². The molecule has 8 fully saturated rings. The van der Waals surface area contributed by atoms with Crippen LogP contribution in [0, 0.1) is 53.3 Å². The first-order valence-corrected chi connectivity index (χ1v) is 15.4. The molecule has 0 spiro atoms. The number of nitrogens with two attached hydrogens (primary N) is 1. The summed E-state index contributed by atoms with van der Waals surface area (Å²) in [7, 11) is 0. The van der Waals surface area contributed by atoms with E-state index in [0.717, 1.165) is 65.4 Å². The van der Waals surface area contributed by atoms with Crippen LogP contribution in [-0.2, 0) is 6.42 Å². The highest BCUT2D eigenvalue weighted by molar-refractivity contribution is 6.33. The van der Waals surface area contributed by atoms with Gasteiger partial charge in [-0.25, -0.2) is 19.9 Å². The molecule has 0 amide bonds. The van der Waals surface area contributed by atoms with E-state index in [4.69, 9.17) is 40.5 Å². The fraction of sp³-hybridized carbons (Fsp3) is 0.724. The van der Waals surface area contributed by atoms with Crippen molar-refractivity contribution in [2.75, 3.05) is 0 Å². The van der Waals surface area contributed by atoms with Gasteiger partial charge < -0.3 is 5.73 Å². The number of hydrogen-bond donors (Lipinski definition) is 1. The van der Waals surface area contributed by atoms with Gasteiger partial charge in [0.15, 0.2) is 0 Å². The molecule has 8 aliphatic carbocycles. The molecule has 10 rings (SSSR count). The quantitative estimate of drug-likeness (QED) is 0.358. The number of aromatic nitrogens is 4. The van der Waals surface area contributed by atoms with Crippen molar-refractivity contribution >= 4 is 47.2 Å². The molecule has 0 saturated heterocycles. The third kappa shape index (κ3) is 6.60. The summed E-state index contributed by atoms with van der Waals surface area (Å²) >= 11 is 16.8. The van der Waals surface area contributed by atoms with Crippen LogP contribution in [0.5, 0.6) is 0 Å². The Labute approximate surface area is 247 Å². The van der Waals surface area contributed by atoms with Gasteiger partial charge >= 0.3 is 0 Å². The predicted molar refractivity (Wildman–Crippen MR) is 156 cm³/mol.